The maximum absolute atomic E-state index is 13.7. The van der Waals surface area contributed by atoms with Crippen LogP contribution in [0.5, 0.6) is 0 Å². The van der Waals surface area contributed by atoms with Gasteiger partial charge in [-0.05, 0) is 73.5 Å². The predicted octanol–water partition coefficient (Wildman–Crippen LogP) is 3.74. The van der Waals surface area contributed by atoms with Gasteiger partial charge in [0.25, 0.3) is 5.91 Å². The van der Waals surface area contributed by atoms with Gasteiger partial charge in [-0.3, -0.25) is 19.6 Å². The van der Waals surface area contributed by atoms with Gasteiger partial charge in [-0.2, -0.15) is 9.49 Å². The van der Waals surface area contributed by atoms with Crippen molar-refractivity contribution in [2.75, 3.05) is 50.1 Å². The zero-order chi connectivity index (χ0) is 32.8. The van der Waals surface area contributed by atoms with E-state index in [1.54, 1.807) is 30.6 Å². The number of rotatable bonds is 8. The molecule has 6 heterocycles. The molecule has 0 spiro atoms. The third kappa shape index (κ3) is 5.44. The smallest absolute Gasteiger partial charge is 0.258 e. The van der Waals surface area contributed by atoms with Crippen molar-refractivity contribution in [2.45, 2.75) is 30.5 Å². The normalized spacial score (nSPS) is 22.1. The number of nitrogens with zero attached hydrogens (tertiary/aromatic N) is 7. The van der Waals surface area contributed by atoms with Gasteiger partial charge in [-0.1, -0.05) is 0 Å². The molecule has 48 heavy (non-hydrogen) atoms. The highest BCUT2D eigenvalue weighted by Crippen LogP contribution is 2.36. The first-order valence-electron chi connectivity index (χ1n) is 16.0. The summed E-state index contributed by atoms with van der Waals surface area (Å²) >= 11 is 0. The highest BCUT2D eigenvalue weighted by Gasteiger charge is 2.48. The number of benzene rings is 2. The van der Waals surface area contributed by atoms with Crippen LogP contribution in [-0.4, -0.2) is 104 Å². The number of H-pyrrole nitrogens is 1. The van der Waals surface area contributed by atoms with Gasteiger partial charge in [0.2, 0.25) is 11.9 Å². The summed E-state index contributed by atoms with van der Waals surface area (Å²) in [7, 11) is 1.54. The van der Waals surface area contributed by atoms with Gasteiger partial charge in [0.15, 0.2) is 11.4 Å². The molecule has 3 aliphatic rings. The molecule has 8 rings (SSSR count). The number of aromatic amines is 1. The number of amides is 2. The molecule has 2 aromatic carbocycles. The average Bonchev–Trinajstić information content (AvgIpc) is 3.93. The number of anilines is 2. The number of carbonyl (C=O) groups excluding carboxylic acids is 2. The highest BCUT2D eigenvalue weighted by atomic mass is 19.1. The highest BCUT2D eigenvalue weighted by molar-refractivity contribution is 6.01. The van der Waals surface area contributed by atoms with E-state index in [0.717, 1.165) is 35.1 Å². The van der Waals surface area contributed by atoms with Crippen LogP contribution < -0.4 is 10.2 Å². The summed E-state index contributed by atoms with van der Waals surface area (Å²) < 4.78 is 19.2. The predicted molar refractivity (Wildman–Crippen MR) is 177 cm³/mol. The Balaban J connectivity index is 0.884. The zero-order valence-corrected chi connectivity index (χ0v) is 26.3. The van der Waals surface area contributed by atoms with Crippen LogP contribution in [0.1, 0.15) is 12.8 Å². The van der Waals surface area contributed by atoms with Crippen LogP contribution in [0.4, 0.5) is 15.8 Å². The first kappa shape index (κ1) is 30.1. The molecule has 3 atom stereocenters. The number of hydrogen-bond donors (Lipinski definition) is 2. The second kappa shape index (κ2) is 12.1. The summed E-state index contributed by atoms with van der Waals surface area (Å²) in [6.45, 7) is 2.60. The largest absolute Gasteiger partial charge is 0.367 e. The first-order valence-corrected chi connectivity index (χ1v) is 16.0. The molecule has 13 heteroatoms. The summed E-state index contributed by atoms with van der Waals surface area (Å²) in [4.78, 5) is 46.0. The van der Waals surface area contributed by atoms with Gasteiger partial charge < -0.3 is 19.9 Å². The Kier molecular flexibility index (Phi) is 7.57. The Hall–Kier alpha value is -5.27. The number of ether oxygens (including phenoxy) is 1. The number of hydrogen-bond acceptors (Lipinski definition) is 9. The summed E-state index contributed by atoms with van der Waals surface area (Å²) in [5.74, 6) is -0.0557. The van der Waals surface area contributed by atoms with Gasteiger partial charge in [-0.15, -0.1) is 0 Å². The molecule has 3 saturated heterocycles. The van der Waals surface area contributed by atoms with Crippen molar-refractivity contribution >= 4 is 34.1 Å². The molecule has 2 bridgehead atoms. The Morgan fingerprint density at radius 3 is 2.56 bits per heavy atom. The lowest BCUT2D eigenvalue weighted by Gasteiger charge is -2.36. The summed E-state index contributed by atoms with van der Waals surface area (Å²) in [6.07, 6.45) is 6.31. The van der Waals surface area contributed by atoms with Crippen molar-refractivity contribution in [3.05, 3.63) is 85.2 Å². The van der Waals surface area contributed by atoms with Crippen LogP contribution in [0.3, 0.4) is 0 Å². The summed E-state index contributed by atoms with van der Waals surface area (Å²) in [6, 6.07) is 18.9. The van der Waals surface area contributed by atoms with Crippen molar-refractivity contribution in [3.8, 4) is 22.6 Å². The van der Waals surface area contributed by atoms with Gasteiger partial charge in [-0.25, -0.2) is 15.0 Å². The minimum absolute atomic E-state index is 0.0826. The lowest BCUT2D eigenvalue weighted by molar-refractivity contribution is -0.138. The monoisotopic (exact) mass is 647 g/mol. The number of piperazine rings is 1. The number of carbonyl (C=O) groups is 2. The van der Waals surface area contributed by atoms with E-state index >= 15 is 0 Å². The van der Waals surface area contributed by atoms with E-state index < -0.39 is 11.5 Å². The van der Waals surface area contributed by atoms with E-state index in [1.165, 1.54) is 19.4 Å². The minimum atomic E-state index is -1.09. The quantitative estimate of drug-likeness (QED) is 0.242. The SMILES string of the molecule is CO[C@@]1(C(=O)Nc2ccc3[nH]nc(-c4ccc(F)nc4)c3c2)CCN(CC(=O)N2C[C@@H]3C[C@H]2CN3c2ccc(-c3ncccn3)cc2)C1. The Labute approximate surface area is 275 Å². The van der Waals surface area contributed by atoms with Crippen molar-refractivity contribution in [3.63, 3.8) is 0 Å². The van der Waals surface area contributed by atoms with Gasteiger partial charge >= 0.3 is 0 Å². The molecule has 3 fully saturated rings. The molecule has 3 aliphatic heterocycles. The Morgan fingerprint density at radius 1 is 1.02 bits per heavy atom. The number of methoxy groups -OCH3 is 1. The summed E-state index contributed by atoms with van der Waals surface area (Å²) in [5.41, 5.74) is 3.64. The Bertz CT molecular complexity index is 1970. The van der Waals surface area contributed by atoms with Crippen LogP contribution in [0, 0.1) is 5.95 Å². The van der Waals surface area contributed by atoms with Gasteiger partial charge in [0.1, 0.15) is 5.69 Å². The molecule has 2 N–H and O–H groups in total. The number of halogens is 1. The number of pyridine rings is 1. The van der Waals surface area contributed by atoms with E-state index in [0.29, 0.717) is 48.8 Å². The van der Waals surface area contributed by atoms with Crippen LogP contribution >= 0.6 is 0 Å². The molecule has 244 valence electrons. The fourth-order valence-corrected chi connectivity index (χ4v) is 7.33. The zero-order valence-electron chi connectivity index (χ0n) is 26.3. The van der Waals surface area contributed by atoms with Crippen molar-refractivity contribution in [1.29, 1.82) is 0 Å². The molecule has 12 nitrogen and oxygen atoms in total. The second-order valence-electron chi connectivity index (χ2n) is 12.7. The molecular formula is C35H34FN9O3. The standard InChI is InChI=1S/C35H34FN9O3/c1-48-35(34(47)40-24-6-9-29-28(15-24)32(42-41-29)23-5-10-30(36)39-17-23)11-14-43(21-35)20-31(46)45-19-26-16-27(45)18-44(26)25-7-3-22(4-8-25)33-37-12-2-13-38-33/h2-10,12-13,15,17,26-27H,11,14,16,18-21H2,1H3,(H,40,47)(H,41,42)/t26-,27-,35-/m0/s1. The van der Waals surface area contributed by atoms with E-state index in [9.17, 15) is 14.0 Å². The fraction of sp³-hybridized carbons (Fsp3) is 0.314. The molecule has 0 saturated carbocycles. The van der Waals surface area contributed by atoms with Crippen LogP contribution in [-0.2, 0) is 14.3 Å². The molecule has 5 aromatic rings. The van der Waals surface area contributed by atoms with Crippen LogP contribution in [0.15, 0.2) is 79.3 Å². The van der Waals surface area contributed by atoms with Crippen molar-refractivity contribution in [1.82, 2.24) is 34.9 Å². The number of fused-ring (bicyclic) bond motifs is 3. The average molecular weight is 648 g/mol. The maximum atomic E-state index is 13.7. The Morgan fingerprint density at radius 2 is 1.83 bits per heavy atom. The minimum Gasteiger partial charge on any atom is -0.367 e. The lowest BCUT2D eigenvalue weighted by atomic mass is 10.0. The number of nitrogens with one attached hydrogen (secondary N) is 2. The van der Waals surface area contributed by atoms with Crippen molar-refractivity contribution in [2.24, 2.45) is 0 Å². The topological polar surface area (TPSA) is 132 Å². The maximum Gasteiger partial charge on any atom is 0.258 e. The first-order chi connectivity index (χ1) is 23.4. The lowest BCUT2D eigenvalue weighted by Crippen LogP contribution is -2.52. The van der Waals surface area contributed by atoms with Crippen LogP contribution in [0.25, 0.3) is 33.5 Å². The molecule has 0 aliphatic carbocycles. The number of aromatic nitrogens is 5. The molecule has 0 unspecified atom stereocenters. The summed E-state index contributed by atoms with van der Waals surface area (Å²) in [5, 5.41) is 11.1. The van der Waals surface area contributed by atoms with E-state index in [1.807, 2.05) is 34.1 Å². The van der Waals surface area contributed by atoms with Crippen molar-refractivity contribution < 1.29 is 18.7 Å². The van der Waals surface area contributed by atoms with Gasteiger partial charge in [0.05, 0.1) is 18.1 Å². The molecule has 2 amide bonds. The molecule has 0 radical (unpaired) electrons. The van der Waals surface area contributed by atoms with Crippen LogP contribution in [0.2, 0.25) is 0 Å². The number of likely N-dealkylation sites (tertiary alicyclic amines) is 2. The fourth-order valence-electron chi connectivity index (χ4n) is 7.33. The van der Waals surface area contributed by atoms with E-state index in [4.69, 9.17) is 4.74 Å². The molecular weight excluding hydrogens is 613 g/mol. The van der Waals surface area contributed by atoms with E-state index in [2.05, 4.69) is 47.5 Å². The third-order valence-corrected chi connectivity index (χ3v) is 9.88. The molecule has 3 aromatic heterocycles. The van der Waals surface area contributed by atoms with Gasteiger partial charge in [0, 0.05) is 85.8 Å². The third-order valence-electron chi connectivity index (χ3n) is 9.88. The second-order valence-corrected chi connectivity index (χ2v) is 12.7. The van der Waals surface area contributed by atoms with E-state index in [-0.39, 0.29) is 30.4 Å².